The van der Waals surface area contributed by atoms with E-state index in [-0.39, 0.29) is 30.1 Å². The number of ether oxygens (including phenoxy) is 2. The molecule has 0 unspecified atom stereocenters. The topological polar surface area (TPSA) is 204 Å². The van der Waals surface area contributed by atoms with Gasteiger partial charge in [0.1, 0.15) is 17.8 Å². The first-order valence-corrected chi connectivity index (χ1v) is 14.4. The molecule has 2 atom stereocenters. The predicted octanol–water partition coefficient (Wildman–Crippen LogP) is 0.611. The Bertz CT molecular complexity index is 1290. The second kappa shape index (κ2) is 16.5. The fraction of sp³-hybridized carbons (Fsp3) is 0.517. The fourth-order valence-corrected chi connectivity index (χ4v) is 4.45. The van der Waals surface area contributed by atoms with Gasteiger partial charge in [0.05, 0.1) is 19.8 Å². The molecule has 5 N–H and O–H groups in total. The van der Waals surface area contributed by atoms with E-state index in [0.717, 1.165) is 0 Å². The maximum absolute atomic E-state index is 13.6. The Morgan fingerprint density at radius 2 is 1.70 bits per heavy atom. The van der Waals surface area contributed by atoms with Crippen molar-refractivity contribution in [3.05, 3.63) is 35.5 Å². The molecule has 0 saturated carbocycles. The van der Waals surface area contributed by atoms with Gasteiger partial charge in [0, 0.05) is 51.0 Å². The van der Waals surface area contributed by atoms with Crippen LogP contribution in [0.15, 0.2) is 24.3 Å². The van der Waals surface area contributed by atoms with Crippen LogP contribution >= 0.6 is 0 Å². The smallest absolute Gasteiger partial charge is 0.326 e. The number of carbonyl (C=O) groups excluding carboxylic acids is 2. The average Bonchev–Trinajstić information content (AvgIpc) is 3.03. The fourth-order valence-electron chi connectivity index (χ4n) is 4.45. The third kappa shape index (κ3) is 8.84. The van der Waals surface area contributed by atoms with Gasteiger partial charge in [0.25, 0.3) is 11.8 Å². The van der Waals surface area contributed by atoms with E-state index >= 15 is 0 Å². The first-order valence-electron chi connectivity index (χ1n) is 14.4. The molecule has 15 nitrogen and oxygen atoms in total. The van der Waals surface area contributed by atoms with Gasteiger partial charge in [-0.05, 0) is 31.9 Å². The molecule has 44 heavy (non-hydrogen) atoms. The number of aromatic nitrogens is 2. The Balaban J connectivity index is 2.18. The second-order valence-corrected chi connectivity index (χ2v) is 10.1. The predicted molar refractivity (Wildman–Crippen MR) is 160 cm³/mol. The lowest BCUT2D eigenvalue weighted by Crippen LogP contribution is -2.43. The number of aliphatic hydroxyl groups excluding tert-OH is 1. The molecule has 1 aliphatic rings. The van der Waals surface area contributed by atoms with Gasteiger partial charge >= 0.3 is 11.9 Å². The van der Waals surface area contributed by atoms with Crippen LogP contribution in [0.4, 0.5) is 11.6 Å². The van der Waals surface area contributed by atoms with E-state index in [9.17, 15) is 29.4 Å². The Labute approximate surface area is 255 Å². The quantitative estimate of drug-likeness (QED) is 0.176. The molecule has 0 spiro atoms. The zero-order valence-electron chi connectivity index (χ0n) is 25.1. The van der Waals surface area contributed by atoms with Crippen molar-refractivity contribution in [2.24, 2.45) is 0 Å². The highest BCUT2D eigenvalue weighted by Gasteiger charge is 2.29. The summed E-state index contributed by atoms with van der Waals surface area (Å²) in [6, 6.07) is 4.15. The number of nitrogens with zero attached hydrogens (tertiary/aromatic N) is 4. The summed E-state index contributed by atoms with van der Waals surface area (Å²) in [6.07, 6.45) is 0.545. The number of amides is 2. The molecular weight excluding hydrogens is 576 g/mol. The highest BCUT2D eigenvalue weighted by atomic mass is 16.5. The van der Waals surface area contributed by atoms with Crippen LogP contribution < -0.4 is 20.4 Å². The van der Waals surface area contributed by atoms with Gasteiger partial charge in [0.15, 0.2) is 17.3 Å². The molecular formula is C29H40N6O9. The lowest BCUT2D eigenvalue weighted by molar-refractivity contribution is -0.140. The minimum absolute atomic E-state index is 0.0598. The number of benzene rings is 1. The lowest BCUT2D eigenvalue weighted by atomic mass is 10.1. The van der Waals surface area contributed by atoms with Crippen LogP contribution in [0.25, 0.3) is 11.3 Å². The number of carboxylic acid groups (broad SMARTS) is 2. The molecule has 1 aliphatic heterocycles. The molecule has 1 saturated heterocycles. The van der Waals surface area contributed by atoms with E-state index in [1.54, 1.807) is 26.2 Å². The molecule has 0 bridgehead atoms. The normalized spacial score (nSPS) is 14.4. The lowest BCUT2D eigenvalue weighted by Gasteiger charge is -2.31. The van der Waals surface area contributed by atoms with Crippen LogP contribution in [-0.2, 0) is 19.1 Å². The summed E-state index contributed by atoms with van der Waals surface area (Å²) in [5.41, 5.74) is 1.11. The van der Waals surface area contributed by atoms with Crippen molar-refractivity contribution in [3.63, 3.8) is 0 Å². The number of nitrogens with one attached hydrogen (secondary N) is 2. The van der Waals surface area contributed by atoms with Crippen LogP contribution in [0, 0.1) is 0 Å². The molecule has 0 aliphatic carbocycles. The maximum atomic E-state index is 13.6. The van der Waals surface area contributed by atoms with Gasteiger partial charge < -0.3 is 45.2 Å². The standard InChI is InChI=1S/C29H40N6O9/c1-4-21(29(41)42)31-27(38)23-25(35-12-16-44-17-13-35)32-22(24(33-23)34(10-5-14-36)11-15-43-3)19-6-8-20(9-7-19)26(37)30-18(2)28(39)40/h6-9,18,21,36H,4-5,10-17H2,1-3H3,(H,30,37)(H,31,38)(H,39,40)(H,41,42)/t18-,21-/m1/s1. The van der Waals surface area contributed by atoms with Gasteiger partial charge in [-0.25, -0.2) is 14.8 Å². The minimum atomic E-state index is -1.18. The Morgan fingerprint density at radius 3 is 2.27 bits per heavy atom. The number of morpholine rings is 1. The Hall–Kier alpha value is -4.34. The number of rotatable bonds is 16. The highest BCUT2D eigenvalue weighted by Crippen LogP contribution is 2.33. The molecule has 240 valence electrons. The SMILES string of the molecule is CC[C@@H](NC(=O)c1nc(N(CCCO)CCOC)c(-c2ccc(C(=O)N[C@H](C)C(=O)O)cc2)nc1N1CCOCC1)C(=O)O. The van der Waals surface area contributed by atoms with Crippen molar-refractivity contribution in [2.75, 3.05) is 69.5 Å². The van der Waals surface area contributed by atoms with E-state index in [1.807, 2.05) is 9.80 Å². The number of aliphatic hydroxyl groups is 1. The van der Waals surface area contributed by atoms with Crippen molar-refractivity contribution in [1.29, 1.82) is 0 Å². The molecule has 2 amide bonds. The monoisotopic (exact) mass is 616 g/mol. The van der Waals surface area contributed by atoms with Crippen molar-refractivity contribution < 1.29 is 44.0 Å². The summed E-state index contributed by atoms with van der Waals surface area (Å²) in [4.78, 5) is 62.5. The number of anilines is 2. The second-order valence-electron chi connectivity index (χ2n) is 10.1. The first-order chi connectivity index (χ1) is 21.1. The molecule has 1 aromatic heterocycles. The van der Waals surface area contributed by atoms with E-state index in [1.165, 1.54) is 19.1 Å². The van der Waals surface area contributed by atoms with Crippen LogP contribution in [0.2, 0.25) is 0 Å². The summed E-state index contributed by atoms with van der Waals surface area (Å²) >= 11 is 0. The first kappa shape index (κ1) is 34.2. The number of hydrogen-bond donors (Lipinski definition) is 5. The summed E-state index contributed by atoms with van der Waals surface area (Å²) in [6.45, 7) is 5.53. The number of methoxy groups -OCH3 is 1. The summed E-state index contributed by atoms with van der Waals surface area (Å²) in [5.74, 6) is -3.05. The third-order valence-corrected chi connectivity index (χ3v) is 6.99. The van der Waals surface area contributed by atoms with Crippen molar-refractivity contribution >= 4 is 35.4 Å². The summed E-state index contributed by atoms with van der Waals surface area (Å²) in [5, 5.41) is 33.2. The number of carboxylic acids is 2. The summed E-state index contributed by atoms with van der Waals surface area (Å²) in [7, 11) is 1.54. The van der Waals surface area contributed by atoms with Crippen LogP contribution in [0.5, 0.6) is 0 Å². The van der Waals surface area contributed by atoms with E-state index < -0.39 is 35.8 Å². The largest absolute Gasteiger partial charge is 0.480 e. The van der Waals surface area contributed by atoms with Gasteiger partial charge in [-0.1, -0.05) is 19.1 Å². The number of aliphatic carboxylic acids is 2. The minimum Gasteiger partial charge on any atom is -0.480 e. The van der Waals surface area contributed by atoms with Crippen molar-refractivity contribution in [3.8, 4) is 11.3 Å². The van der Waals surface area contributed by atoms with Gasteiger partial charge in [-0.15, -0.1) is 0 Å². The molecule has 3 rings (SSSR count). The van der Waals surface area contributed by atoms with E-state index in [2.05, 4.69) is 10.6 Å². The zero-order valence-corrected chi connectivity index (χ0v) is 25.1. The molecule has 2 aromatic rings. The third-order valence-electron chi connectivity index (χ3n) is 6.99. The molecule has 1 aromatic carbocycles. The molecule has 1 fully saturated rings. The van der Waals surface area contributed by atoms with Gasteiger partial charge in [-0.3, -0.25) is 14.4 Å². The number of hydrogen-bond acceptors (Lipinski definition) is 11. The van der Waals surface area contributed by atoms with Crippen molar-refractivity contribution in [1.82, 2.24) is 20.6 Å². The zero-order chi connectivity index (χ0) is 32.2. The Morgan fingerprint density at radius 1 is 1.02 bits per heavy atom. The Kier molecular flexibility index (Phi) is 12.8. The van der Waals surface area contributed by atoms with Crippen LogP contribution in [-0.4, -0.2) is 121 Å². The van der Waals surface area contributed by atoms with E-state index in [4.69, 9.17) is 24.5 Å². The van der Waals surface area contributed by atoms with Gasteiger partial charge in [-0.2, -0.15) is 0 Å². The molecule has 15 heteroatoms. The van der Waals surface area contributed by atoms with E-state index in [0.29, 0.717) is 69.5 Å². The van der Waals surface area contributed by atoms with Crippen LogP contribution in [0.3, 0.4) is 0 Å². The molecule has 0 radical (unpaired) electrons. The highest BCUT2D eigenvalue weighted by molar-refractivity contribution is 6.00. The van der Waals surface area contributed by atoms with Gasteiger partial charge in [0.2, 0.25) is 0 Å². The maximum Gasteiger partial charge on any atom is 0.326 e. The number of carbonyl (C=O) groups is 4. The van der Waals surface area contributed by atoms with Crippen LogP contribution in [0.1, 0.15) is 47.5 Å². The molecule has 2 heterocycles. The summed E-state index contributed by atoms with van der Waals surface area (Å²) < 4.78 is 10.8. The van der Waals surface area contributed by atoms with Crippen molar-refractivity contribution in [2.45, 2.75) is 38.8 Å². The average molecular weight is 617 g/mol.